The molecule has 4 rings (SSSR count). The Balaban J connectivity index is 1.85. The Morgan fingerprint density at radius 1 is 1.16 bits per heavy atom. The average Bonchev–Trinajstić information content (AvgIpc) is 3.16. The third kappa shape index (κ3) is 5.62. The Morgan fingerprint density at radius 3 is 2.59 bits per heavy atom. The Hall–Kier alpha value is -4.24. The van der Waals surface area contributed by atoms with Crippen LogP contribution in [-0.4, -0.2) is 29.7 Å². The molecule has 0 amide bonds. The fourth-order valence-corrected chi connectivity index (χ4v) is 5.04. The van der Waals surface area contributed by atoms with Gasteiger partial charge in [0.2, 0.25) is 0 Å². The standard InChI is InChI=1S/C28H26N2O6S/c1-5-14-35-21-12-10-20(11-13-21)25-24(27(33)34-6-2)17(3)29-28-30(25)26(32)23(37-28)16-19-8-7-9-22(15-19)36-18(4)31/h5,7-13,15-16,25H,1,6,14H2,2-4H3/t25-/m0/s1. The van der Waals surface area contributed by atoms with Gasteiger partial charge in [0.05, 0.1) is 28.5 Å². The number of thiazole rings is 1. The van der Waals surface area contributed by atoms with E-state index in [4.69, 9.17) is 14.2 Å². The Labute approximate surface area is 217 Å². The van der Waals surface area contributed by atoms with E-state index >= 15 is 0 Å². The summed E-state index contributed by atoms with van der Waals surface area (Å²) in [6.45, 7) is 9.00. The maximum Gasteiger partial charge on any atom is 0.338 e. The van der Waals surface area contributed by atoms with Crippen LogP contribution in [0.3, 0.4) is 0 Å². The third-order valence-corrected chi connectivity index (χ3v) is 6.48. The zero-order valence-electron chi connectivity index (χ0n) is 20.7. The molecule has 1 aliphatic heterocycles. The fourth-order valence-electron chi connectivity index (χ4n) is 3.99. The molecule has 0 N–H and O–H groups in total. The highest BCUT2D eigenvalue weighted by molar-refractivity contribution is 7.07. The number of allylic oxidation sites excluding steroid dienone is 1. The second kappa shape index (κ2) is 11.2. The molecular weight excluding hydrogens is 492 g/mol. The number of fused-ring (bicyclic) bond motifs is 1. The van der Waals surface area contributed by atoms with Crippen LogP contribution in [0.15, 0.2) is 82.2 Å². The second-order valence-corrected chi connectivity index (χ2v) is 9.15. The lowest BCUT2D eigenvalue weighted by atomic mass is 9.96. The molecule has 2 heterocycles. The number of esters is 2. The number of aromatic nitrogens is 1. The molecule has 1 atom stereocenters. The van der Waals surface area contributed by atoms with E-state index in [9.17, 15) is 14.4 Å². The minimum Gasteiger partial charge on any atom is -0.490 e. The first-order valence-corrected chi connectivity index (χ1v) is 12.5. The molecular formula is C28H26N2O6S. The Kier molecular flexibility index (Phi) is 7.83. The van der Waals surface area contributed by atoms with E-state index in [-0.39, 0.29) is 12.2 Å². The molecule has 0 unspecified atom stereocenters. The number of nitrogens with zero attached hydrogens (tertiary/aromatic N) is 2. The minimum atomic E-state index is -0.724. The molecule has 0 radical (unpaired) electrons. The Bertz CT molecular complexity index is 1560. The molecule has 0 saturated heterocycles. The summed E-state index contributed by atoms with van der Waals surface area (Å²) in [6.07, 6.45) is 3.36. The van der Waals surface area contributed by atoms with E-state index < -0.39 is 18.0 Å². The van der Waals surface area contributed by atoms with Crippen molar-refractivity contribution in [1.29, 1.82) is 0 Å². The largest absolute Gasteiger partial charge is 0.490 e. The fraction of sp³-hybridized carbons (Fsp3) is 0.214. The zero-order chi connectivity index (χ0) is 26.5. The molecule has 0 saturated carbocycles. The van der Waals surface area contributed by atoms with Crippen LogP contribution in [0.4, 0.5) is 0 Å². The average molecular weight is 519 g/mol. The summed E-state index contributed by atoms with van der Waals surface area (Å²) in [4.78, 5) is 43.1. The molecule has 0 bridgehead atoms. The summed E-state index contributed by atoms with van der Waals surface area (Å²) >= 11 is 1.22. The van der Waals surface area contributed by atoms with Crippen molar-refractivity contribution in [3.05, 3.63) is 103 Å². The van der Waals surface area contributed by atoms with Gasteiger partial charge in [-0.25, -0.2) is 9.79 Å². The highest BCUT2D eigenvalue weighted by atomic mass is 32.1. The number of carbonyl (C=O) groups excluding carboxylic acids is 2. The third-order valence-electron chi connectivity index (χ3n) is 5.50. The van der Waals surface area contributed by atoms with Crippen molar-refractivity contribution in [2.45, 2.75) is 26.8 Å². The zero-order valence-corrected chi connectivity index (χ0v) is 21.5. The number of benzene rings is 2. The summed E-state index contributed by atoms with van der Waals surface area (Å²) in [5.41, 5.74) is 1.89. The van der Waals surface area contributed by atoms with Gasteiger partial charge in [-0.15, -0.1) is 0 Å². The van der Waals surface area contributed by atoms with Gasteiger partial charge in [0, 0.05) is 6.92 Å². The van der Waals surface area contributed by atoms with Crippen molar-refractivity contribution in [3.63, 3.8) is 0 Å². The molecule has 37 heavy (non-hydrogen) atoms. The molecule has 190 valence electrons. The lowest BCUT2D eigenvalue weighted by Gasteiger charge is -2.24. The first-order valence-electron chi connectivity index (χ1n) is 11.6. The maximum absolute atomic E-state index is 13.7. The quantitative estimate of drug-likeness (QED) is 0.258. The molecule has 9 heteroatoms. The summed E-state index contributed by atoms with van der Waals surface area (Å²) in [5.74, 6) is 0.0664. The van der Waals surface area contributed by atoms with Crippen molar-refractivity contribution in [2.24, 2.45) is 4.99 Å². The van der Waals surface area contributed by atoms with Gasteiger partial charge >= 0.3 is 11.9 Å². The topological polar surface area (TPSA) is 96.2 Å². The molecule has 3 aromatic rings. The van der Waals surface area contributed by atoms with Gasteiger partial charge in [0.1, 0.15) is 18.1 Å². The monoisotopic (exact) mass is 518 g/mol. The Morgan fingerprint density at radius 2 is 1.92 bits per heavy atom. The smallest absolute Gasteiger partial charge is 0.338 e. The lowest BCUT2D eigenvalue weighted by Crippen LogP contribution is -2.39. The van der Waals surface area contributed by atoms with Crippen LogP contribution in [0.5, 0.6) is 11.5 Å². The number of ether oxygens (including phenoxy) is 3. The predicted molar refractivity (Wildman–Crippen MR) is 140 cm³/mol. The minimum absolute atomic E-state index is 0.194. The second-order valence-electron chi connectivity index (χ2n) is 8.14. The van der Waals surface area contributed by atoms with Crippen LogP contribution in [-0.2, 0) is 14.3 Å². The van der Waals surface area contributed by atoms with E-state index in [0.717, 1.165) is 0 Å². The summed E-state index contributed by atoms with van der Waals surface area (Å²) < 4.78 is 18.0. The van der Waals surface area contributed by atoms with Gasteiger partial charge in [-0.2, -0.15) is 0 Å². The molecule has 0 aliphatic carbocycles. The van der Waals surface area contributed by atoms with Crippen molar-refractivity contribution < 1.29 is 23.8 Å². The SMILES string of the molecule is C=CCOc1ccc([C@H]2C(C(=O)OCC)=C(C)N=c3sc(=Cc4cccc(OC(C)=O)c4)c(=O)n32)cc1. The van der Waals surface area contributed by atoms with Gasteiger partial charge in [-0.3, -0.25) is 14.2 Å². The highest BCUT2D eigenvalue weighted by Crippen LogP contribution is 2.31. The number of hydrogen-bond acceptors (Lipinski definition) is 8. The normalized spacial score (nSPS) is 15.0. The van der Waals surface area contributed by atoms with Crippen molar-refractivity contribution in [2.75, 3.05) is 13.2 Å². The first-order chi connectivity index (χ1) is 17.8. The van der Waals surface area contributed by atoms with Gasteiger partial charge in [0.15, 0.2) is 4.80 Å². The van der Waals surface area contributed by atoms with E-state index in [2.05, 4.69) is 11.6 Å². The van der Waals surface area contributed by atoms with Crippen LogP contribution in [0.1, 0.15) is 37.9 Å². The first kappa shape index (κ1) is 25.8. The van der Waals surface area contributed by atoms with Crippen LogP contribution in [0.2, 0.25) is 0 Å². The number of hydrogen-bond donors (Lipinski definition) is 0. The van der Waals surface area contributed by atoms with E-state index in [1.54, 1.807) is 62.4 Å². The lowest BCUT2D eigenvalue weighted by molar-refractivity contribution is -0.139. The van der Waals surface area contributed by atoms with Gasteiger partial charge in [-0.05, 0) is 55.3 Å². The van der Waals surface area contributed by atoms with E-state index in [1.807, 2.05) is 12.1 Å². The molecule has 0 fully saturated rings. The van der Waals surface area contributed by atoms with Crippen molar-refractivity contribution in [3.8, 4) is 11.5 Å². The van der Waals surface area contributed by atoms with Crippen molar-refractivity contribution >= 4 is 29.4 Å². The van der Waals surface area contributed by atoms with E-state index in [1.165, 1.54) is 22.8 Å². The molecule has 2 aromatic carbocycles. The molecule has 0 spiro atoms. The van der Waals surface area contributed by atoms with Crippen LogP contribution >= 0.6 is 11.3 Å². The van der Waals surface area contributed by atoms with E-state index in [0.29, 0.717) is 49.8 Å². The van der Waals surface area contributed by atoms with Gasteiger partial charge < -0.3 is 14.2 Å². The number of rotatable bonds is 8. The van der Waals surface area contributed by atoms with Crippen LogP contribution < -0.4 is 24.4 Å². The summed E-state index contributed by atoms with van der Waals surface area (Å²) in [7, 11) is 0. The molecule has 8 nitrogen and oxygen atoms in total. The summed E-state index contributed by atoms with van der Waals surface area (Å²) in [6, 6.07) is 13.4. The van der Waals surface area contributed by atoms with Crippen molar-refractivity contribution in [1.82, 2.24) is 4.57 Å². The van der Waals surface area contributed by atoms with Gasteiger partial charge in [-0.1, -0.05) is 48.3 Å². The van der Waals surface area contributed by atoms with Gasteiger partial charge in [0.25, 0.3) is 5.56 Å². The van der Waals surface area contributed by atoms with Crippen LogP contribution in [0, 0.1) is 0 Å². The highest BCUT2D eigenvalue weighted by Gasteiger charge is 2.33. The van der Waals surface area contributed by atoms with Crippen LogP contribution in [0.25, 0.3) is 6.08 Å². The predicted octanol–water partition coefficient (Wildman–Crippen LogP) is 3.29. The maximum atomic E-state index is 13.7. The molecule has 1 aliphatic rings. The molecule has 1 aromatic heterocycles. The number of carbonyl (C=O) groups is 2. The summed E-state index contributed by atoms with van der Waals surface area (Å²) in [5, 5.41) is 0.